The van der Waals surface area contributed by atoms with Crippen molar-refractivity contribution in [3.05, 3.63) is 195 Å². The first-order valence-corrected chi connectivity index (χ1v) is 14.5. The first kappa shape index (κ1) is 26.3. The van der Waals surface area contributed by atoms with Gasteiger partial charge in [-0.1, -0.05) is 91.0 Å². The molecule has 3 aromatic rings. The van der Waals surface area contributed by atoms with Crippen LogP contribution in [-0.4, -0.2) is 27.8 Å². The zero-order chi connectivity index (χ0) is 30.3. The van der Waals surface area contributed by atoms with E-state index in [0.717, 1.165) is 44.8 Å². The smallest absolute Gasteiger partial charge is 0.258 e. The Morgan fingerprint density at radius 1 is 0.400 bits per heavy atom. The van der Waals surface area contributed by atoms with Crippen molar-refractivity contribution in [1.29, 1.82) is 0 Å². The molecule has 5 aliphatic rings. The van der Waals surface area contributed by atoms with Gasteiger partial charge >= 0.3 is 5.70 Å². The van der Waals surface area contributed by atoms with Gasteiger partial charge in [0, 0.05) is 16.7 Å². The largest absolute Gasteiger partial charge is 0.320 e. The van der Waals surface area contributed by atoms with E-state index in [1.165, 1.54) is 0 Å². The van der Waals surface area contributed by atoms with Crippen LogP contribution in [0.5, 0.6) is 0 Å². The van der Waals surface area contributed by atoms with Crippen LogP contribution in [-0.2, 0) is 0 Å². The molecule has 7 nitrogen and oxygen atoms in total. The Balaban J connectivity index is 1.46. The highest BCUT2D eigenvalue weighted by Crippen LogP contribution is 2.37. The number of fused-ring (bicyclic) bond motifs is 4. The zero-order valence-corrected chi connectivity index (χ0v) is 23.8. The maximum absolute atomic E-state index is 12.5. The summed E-state index contributed by atoms with van der Waals surface area (Å²) < 4.78 is 0. The van der Waals surface area contributed by atoms with Gasteiger partial charge in [-0.05, 0) is 65.3 Å². The van der Waals surface area contributed by atoms with Gasteiger partial charge in [-0.2, -0.15) is 0 Å². The highest BCUT2D eigenvalue weighted by Gasteiger charge is 2.31. The predicted molar refractivity (Wildman–Crippen MR) is 180 cm³/mol. The molecule has 45 heavy (non-hydrogen) atoms. The van der Waals surface area contributed by atoms with Crippen molar-refractivity contribution in [1.82, 2.24) is 0 Å². The summed E-state index contributed by atoms with van der Waals surface area (Å²) in [5, 5.41) is 12.5. The van der Waals surface area contributed by atoms with Gasteiger partial charge in [0.2, 0.25) is 0 Å². The number of allylic oxidation sites excluding steroid dienone is 11. The summed E-state index contributed by atoms with van der Waals surface area (Å²) in [5.41, 5.74) is 9.69. The van der Waals surface area contributed by atoms with Crippen LogP contribution in [0.15, 0.2) is 188 Å². The summed E-state index contributed by atoms with van der Waals surface area (Å²) in [6, 6.07) is 29.8. The van der Waals surface area contributed by atoms with Gasteiger partial charge in [0.1, 0.15) is 11.4 Å². The van der Waals surface area contributed by atoms with Crippen LogP contribution in [0.2, 0.25) is 0 Å². The minimum Gasteiger partial charge on any atom is -0.258 e. The van der Waals surface area contributed by atoms with E-state index in [0.29, 0.717) is 22.8 Å². The lowest BCUT2D eigenvalue weighted by Crippen LogP contribution is -2.10. The van der Waals surface area contributed by atoms with Crippen LogP contribution < -0.4 is 0 Å². The van der Waals surface area contributed by atoms with Crippen LogP contribution in [0.25, 0.3) is 16.7 Å². The summed E-state index contributed by atoms with van der Waals surface area (Å²) in [4.78, 5) is 32.0. The molecule has 0 spiro atoms. The molecule has 0 fully saturated rings. The van der Waals surface area contributed by atoms with Crippen molar-refractivity contribution in [3.63, 3.8) is 0 Å². The molecule has 7 heteroatoms. The van der Waals surface area contributed by atoms with Crippen molar-refractivity contribution in [3.8, 4) is 0 Å². The fraction of sp³-hybridized carbons (Fsp3) is 0. The van der Waals surface area contributed by atoms with E-state index in [9.17, 15) is 10.1 Å². The summed E-state index contributed by atoms with van der Waals surface area (Å²) >= 11 is 0. The lowest BCUT2D eigenvalue weighted by molar-refractivity contribution is -0.415. The highest BCUT2D eigenvalue weighted by atomic mass is 16.6. The second-order valence-corrected chi connectivity index (χ2v) is 10.7. The summed E-state index contributed by atoms with van der Waals surface area (Å²) in [6.07, 6.45) is 14.9. The number of hydrogen-bond donors (Lipinski definition) is 0. The molecule has 0 unspecified atom stereocenters. The lowest BCUT2D eigenvalue weighted by atomic mass is 9.98. The fourth-order valence-electron chi connectivity index (χ4n) is 5.96. The molecule has 0 saturated heterocycles. The minimum atomic E-state index is -0.412. The van der Waals surface area contributed by atoms with E-state index in [4.69, 9.17) is 20.0 Å². The molecule has 212 valence electrons. The van der Waals surface area contributed by atoms with E-state index >= 15 is 0 Å². The minimum absolute atomic E-state index is 0.161. The SMILES string of the molecule is O=[N+]([O-])C1=C2C=CC(=N2)C(c2ccccc2)=C2C=CC(=N2)C(c2ccccc2)=C2C=CC(=N2)C(c2ccccc2)=C2C=CC1=N2. The predicted octanol–water partition coefficient (Wildman–Crippen LogP) is 7.77. The van der Waals surface area contributed by atoms with Crippen molar-refractivity contribution < 1.29 is 4.92 Å². The van der Waals surface area contributed by atoms with Gasteiger partial charge in [0.25, 0.3) is 0 Å². The lowest BCUT2D eigenvalue weighted by Gasteiger charge is -2.11. The Hall–Kier alpha value is -6.34. The Morgan fingerprint density at radius 2 is 0.711 bits per heavy atom. The van der Waals surface area contributed by atoms with Gasteiger partial charge in [-0.15, -0.1) is 0 Å². The Labute approximate surface area is 259 Å². The molecule has 5 aliphatic heterocycles. The second kappa shape index (κ2) is 10.7. The van der Waals surface area contributed by atoms with Crippen molar-refractivity contribution >= 4 is 39.6 Å². The average molecular weight is 582 g/mol. The molecule has 0 aromatic heterocycles. The van der Waals surface area contributed by atoms with Crippen LogP contribution in [0.4, 0.5) is 0 Å². The zero-order valence-electron chi connectivity index (χ0n) is 23.8. The van der Waals surface area contributed by atoms with Crippen LogP contribution in [0.1, 0.15) is 16.7 Å². The third-order valence-corrected chi connectivity index (χ3v) is 7.95. The fourth-order valence-corrected chi connectivity index (χ4v) is 5.96. The second-order valence-electron chi connectivity index (χ2n) is 10.7. The molecule has 5 heterocycles. The van der Waals surface area contributed by atoms with E-state index in [1.54, 1.807) is 12.2 Å². The first-order valence-electron chi connectivity index (χ1n) is 14.5. The summed E-state index contributed by atoms with van der Waals surface area (Å²) in [7, 11) is 0. The Bertz CT molecular complexity index is 2150. The quantitative estimate of drug-likeness (QED) is 0.233. The molecular formula is C38H23N5O2. The third kappa shape index (κ3) is 4.63. The standard InChI is InChI=1S/C38H23N5O2/c44-43(45)38-33-22-20-31(41-33)36(25-12-6-2-7-13-25)29-18-16-27(39-29)35(24-10-4-1-5-11-24)28-17-19-30(40-28)37(26-14-8-3-9-15-26)32-21-23-34(38)42-32/h1-23H. The van der Waals surface area contributed by atoms with Crippen LogP contribution in [0.3, 0.4) is 0 Å². The van der Waals surface area contributed by atoms with E-state index in [1.807, 2.05) is 115 Å². The van der Waals surface area contributed by atoms with Gasteiger partial charge < -0.3 is 0 Å². The molecule has 3 aromatic carbocycles. The number of rotatable bonds is 4. The van der Waals surface area contributed by atoms with Crippen molar-refractivity contribution in [2.75, 3.05) is 0 Å². The molecule has 0 aliphatic carbocycles. The average Bonchev–Trinajstić information content (AvgIpc) is 3.90. The number of nitro groups is 1. The summed E-state index contributed by atoms with van der Waals surface area (Å²) in [6.45, 7) is 0. The van der Waals surface area contributed by atoms with E-state index in [-0.39, 0.29) is 17.1 Å². The molecule has 0 atom stereocenters. The van der Waals surface area contributed by atoms with E-state index in [2.05, 4.69) is 12.1 Å². The van der Waals surface area contributed by atoms with Gasteiger partial charge in [-0.3, -0.25) is 10.1 Å². The van der Waals surface area contributed by atoms with Gasteiger partial charge in [0.15, 0.2) is 0 Å². The monoisotopic (exact) mass is 581 g/mol. The molecule has 0 radical (unpaired) electrons. The topological polar surface area (TPSA) is 92.6 Å². The third-order valence-electron chi connectivity index (χ3n) is 7.95. The molecule has 0 N–H and O–H groups in total. The Morgan fingerprint density at radius 3 is 1.09 bits per heavy atom. The van der Waals surface area contributed by atoms with Gasteiger partial charge in [0.05, 0.1) is 39.1 Å². The van der Waals surface area contributed by atoms with Crippen LogP contribution >= 0.6 is 0 Å². The first-order chi connectivity index (χ1) is 22.1. The molecule has 0 saturated carbocycles. The highest BCUT2D eigenvalue weighted by molar-refractivity contribution is 6.37. The number of hydrogen-bond acceptors (Lipinski definition) is 6. The number of benzene rings is 3. The van der Waals surface area contributed by atoms with E-state index < -0.39 is 4.92 Å². The maximum atomic E-state index is 12.5. The number of nitrogens with zero attached hydrogens (tertiary/aromatic N) is 5. The summed E-state index contributed by atoms with van der Waals surface area (Å²) in [5.74, 6) is 0. The molecule has 0 amide bonds. The van der Waals surface area contributed by atoms with Crippen molar-refractivity contribution in [2.24, 2.45) is 20.0 Å². The molecule has 8 bridgehead atoms. The maximum Gasteiger partial charge on any atom is 0.320 e. The molecular weight excluding hydrogens is 558 g/mol. The van der Waals surface area contributed by atoms with Gasteiger partial charge in [-0.25, -0.2) is 20.0 Å². The van der Waals surface area contributed by atoms with Crippen molar-refractivity contribution in [2.45, 2.75) is 0 Å². The van der Waals surface area contributed by atoms with Crippen LogP contribution in [0, 0.1) is 10.1 Å². The number of aliphatic imine (C=N–C) groups is 4. The Kier molecular flexibility index (Phi) is 6.27. The molecule has 8 rings (SSSR count). The normalized spacial score (nSPS) is 18.2.